The molecule has 2 N–H and O–H groups in total. The molecule has 1 heterocycles. The molecule has 128 valence electrons. The second-order valence-corrected chi connectivity index (χ2v) is 6.36. The molecule has 7 heteroatoms. The second kappa shape index (κ2) is 7.14. The molecule has 23 heavy (non-hydrogen) atoms. The van der Waals surface area contributed by atoms with Crippen molar-refractivity contribution in [2.75, 3.05) is 36.5 Å². The predicted octanol–water partition coefficient (Wildman–Crippen LogP) is 2.50. The van der Waals surface area contributed by atoms with Crippen molar-refractivity contribution in [2.45, 2.75) is 33.0 Å². The van der Waals surface area contributed by atoms with Gasteiger partial charge in [-0.25, -0.2) is 9.18 Å². The first-order chi connectivity index (χ1) is 10.8. The van der Waals surface area contributed by atoms with Gasteiger partial charge in [0.1, 0.15) is 5.60 Å². The topological polar surface area (TPSA) is 71.0 Å². The van der Waals surface area contributed by atoms with Gasteiger partial charge in [0.25, 0.3) is 0 Å². The summed E-state index contributed by atoms with van der Waals surface area (Å²) < 4.78 is 25.1. The highest BCUT2D eigenvalue weighted by Crippen LogP contribution is 2.29. The Morgan fingerprint density at radius 2 is 2.04 bits per heavy atom. The molecule has 1 aliphatic heterocycles. The summed E-state index contributed by atoms with van der Waals surface area (Å²) >= 11 is 0. The predicted molar refractivity (Wildman–Crippen MR) is 85.2 cm³/mol. The lowest BCUT2D eigenvalue weighted by Gasteiger charge is -2.30. The molecule has 1 saturated heterocycles. The summed E-state index contributed by atoms with van der Waals surface area (Å²) in [5.41, 5.74) is 0.166. The monoisotopic (exact) mass is 326 g/mol. The Morgan fingerprint density at radius 3 is 2.61 bits per heavy atom. The van der Waals surface area contributed by atoms with E-state index in [4.69, 9.17) is 9.47 Å². The molecule has 1 amide bonds. The van der Waals surface area contributed by atoms with E-state index in [9.17, 15) is 14.3 Å². The van der Waals surface area contributed by atoms with Crippen LogP contribution in [0.4, 0.5) is 20.6 Å². The van der Waals surface area contributed by atoms with E-state index in [1.807, 2.05) is 4.90 Å². The fraction of sp³-hybridized carbons (Fsp3) is 0.562. The number of aliphatic hydroxyl groups excluding tert-OH is 1. The number of rotatable bonds is 3. The van der Waals surface area contributed by atoms with Crippen molar-refractivity contribution in [1.82, 2.24) is 0 Å². The van der Waals surface area contributed by atoms with Gasteiger partial charge in [-0.2, -0.15) is 0 Å². The Bertz CT molecular complexity index is 566. The lowest BCUT2D eigenvalue weighted by molar-refractivity contribution is 0.0635. The Morgan fingerprint density at radius 1 is 1.39 bits per heavy atom. The van der Waals surface area contributed by atoms with Gasteiger partial charge in [0.15, 0.2) is 5.82 Å². The number of aliphatic hydroxyl groups is 1. The third-order valence-corrected chi connectivity index (χ3v) is 3.28. The molecule has 2 rings (SSSR count). The second-order valence-electron chi connectivity index (χ2n) is 6.36. The van der Waals surface area contributed by atoms with E-state index in [0.29, 0.717) is 37.6 Å². The van der Waals surface area contributed by atoms with Crippen LogP contribution in [0, 0.1) is 5.82 Å². The number of amides is 1. The zero-order valence-electron chi connectivity index (χ0n) is 13.7. The first-order valence-electron chi connectivity index (χ1n) is 7.56. The van der Waals surface area contributed by atoms with Gasteiger partial charge in [-0.15, -0.1) is 0 Å². The minimum atomic E-state index is -0.737. The minimum Gasteiger partial charge on any atom is -0.444 e. The van der Waals surface area contributed by atoms with Crippen molar-refractivity contribution < 1.29 is 23.8 Å². The lowest BCUT2D eigenvalue weighted by atomic mass is 10.1. The van der Waals surface area contributed by atoms with Crippen LogP contribution in [0.25, 0.3) is 0 Å². The first-order valence-corrected chi connectivity index (χ1v) is 7.56. The maximum atomic E-state index is 14.7. The van der Waals surface area contributed by atoms with Gasteiger partial charge in [-0.05, 0) is 38.5 Å². The summed E-state index contributed by atoms with van der Waals surface area (Å²) in [4.78, 5) is 13.7. The van der Waals surface area contributed by atoms with Crippen molar-refractivity contribution in [1.29, 1.82) is 0 Å². The molecule has 1 aromatic carbocycles. The number of nitrogens with zero attached hydrogens (tertiary/aromatic N) is 1. The third kappa shape index (κ3) is 4.80. The Labute approximate surface area is 135 Å². The number of hydrogen-bond donors (Lipinski definition) is 2. The Hall–Kier alpha value is -1.86. The van der Waals surface area contributed by atoms with Crippen molar-refractivity contribution in [2.24, 2.45) is 0 Å². The maximum Gasteiger partial charge on any atom is 0.412 e. The molecule has 0 aliphatic carbocycles. The van der Waals surface area contributed by atoms with Gasteiger partial charge >= 0.3 is 6.09 Å². The van der Waals surface area contributed by atoms with Crippen LogP contribution in [0.2, 0.25) is 0 Å². The first kappa shape index (κ1) is 17.5. The van der Waals surface area contributed by atoms with E-state index in [1.54, 1.807) is 26.8 Å². The van der Waals surface area contributed by atoms with Gasteiger partial charge in [-0.1, -0.05) is 0 Å². The third-order valence-electron chi connectivity index (χ3n) is 3.28. The van der Waals surface area contributed by atoms with E-state index in [1.165, 1.54) is 6.07 Å². The molecule has 0 radical (unpaired) electrons. The average molecular weight is 326 g/mol. The van der Waals surface area contributed by atoms with Crippen LogP contribution in [-0.4, -0.2) is 43.1 Å². The number of anilines is 2. The highest BCUT2D eigenvalue weighted by Gasteiger charge is 2.22. The van der Waals surface area contributed by atoms with Gasteiger partial charge in [0, 0.05) is 13.1 Å². The fourth-order valence-electron chi connectivity index (χ4n) is 2.30. The fourth-order valence-corrected chi connectivity index (χ4v) is 2.30. The molecule has 6 nitrogen and oxygen atoms in total. The van der Waals surface area contributed by atoms with E-state index in [2.05, 4.69) is 5.32 Å². The lowest BCUT2D eigenvalue weighted by Crippen LogP contribution is -2.37. The zero-order chi connectivity index (χ0) is 17.0. The van der Waals surface area contributed by atoms with Crippen molar-refractivity contribution in [3.8, 4) is 0 Å². The standard InChI is InChI=1S/C16H23FN2O4/c1-16(2,3)23-15(21)18-12-8-11(10-20)9-13(14(12)17)19-4-6-22-7-5-19/h8-9,20H,4-7,10H2,1-3H3,(H,18,21). The molecule has 0 atom stereocenters. The summed E-state index contributed by atoms with van der Waals surface area (Å²) in [7, 11) is 0. The SMILES string of the molecule is CC(C)(C)OC(=O)Nc1cc(CO)cc(N2CCOCC2)c1F. The molecule has 1 aromatic rings. The molecule has 0 unspecified atom stereocenters. The number of morpholine rings is 1. The molecule has 0 saturated carbocycles. The quantitative estimate of drug-likeness (QED) is 0.893. The number of ether oxygens (including phenoxy) is 2. The number of carbonyl (C=O) groups excluding carboxylic acids is 1. The number of halogens is 1. The minimum absolute atomic E-state index is 0.00714. The number of hydrogen-bond acceptors (Lipinski definition) is 5. The number of benzene rings is 1. The van der Waals surface area contributed by atoms with Crippen LogP contribution in [0.3, 0.4) is 0 Å². The van der Waals surface area contributed by atoms with Crippen LogP contribution in [0.5, 0.6) is 0 Å². The van der Waals surface area contributed by atoms with Crippen LogP contribution in [0.15, 0.2) is 12.1 Å². The van der Waals surface area contributed by atoms with Crippen LogP contribution < -0.4 is 10.2 Å². The van der Waals surface area contributed by atoms with Crippen molar-refractivity contribution in [3.63, 3.8) is 0 Å². The molecular formula is C16H23FN2O4. The van der Waals surface area contributed by atoms with Crippen LogP contribution in [-0.2, 0) is 16.1 Å². The van der Waals surface area contributed by atoms with Crippen LogP contribution in [0.1, 0.15) is 26.3 Å². The van der Waals surface area contributed by atoms with E-state index >= 15 is 0 Å². The number of carbonyl (C=O) groups is 1. The molecule has 1 aliphatic rings. The zero-order valence-corrected chi connectivity index (χ0v) is 13.7. The van der Waals surface area contributed by atoms with E-state index in [0.717, 1.165) is 0 Å². The van der Waals surface area contributed by atoms with E-state index in [-0.39, 0.29) is 12.3 Å². The Kier molecular flexibility index (Phi) is 5.43. The van der Waals surface area contributed by atoms with Gasteiger partial charge in [-0.3, -0.25) is 5.32 Å². The maximum absolute atomic E-state index is 14.7. The van der Waals surface area contributed by atoms with Gasteiger partial charge in [0.2, 0.25) is 0 Å². The largest absolute Gasteiger partial charge is 0.444 e. The highest BCUT2D eigenvalue weighted by molar-refractivity contribution is 5.86. The van der Waals surface area contributed by atoms with E-state index < -0.39 is 17.5 Å². The number of nitrogens with one attached hydrogen (secondary N) is 1. The normalized spacial score (nSPS) is 15.4. The summed E-state index contributed by atoms with van der Waals surface area (Å²) in [6.07, 6.45) is -0.737. The molecule has 1 fully saturated rings. The van der Waals surface area contributed by atoms with Gasteiger partial charge in [0.05, 0.1) is 31.2 Å². The summed E-state index contributed by atoms with van der Waals surface area (Å²) in [6.45, 7) is 7.07. The van der Waals surface area contributed by atoms with Crippen LogP contribution >= 0.6 is 0 Å². The summed E-state index contributed by atoms with van der Waals surface area (Å²) in [6, 6.07) is 2.99. The average Bonchev–Trinajstić information content (AvgIpc) is 2.48. The molecular weight excluding hydrogens is 303 g/mol. The summed E-state index contributed by atoms with van der Waals surface area (Å²) in [5.74, 6) is -0.546. The highest BCUT2D eigenvalue weighted by atomic mass is 19.1. The van der Waals surface area contributed by atoms with Gasteiger partial charge < -0.3 is 19.5 Å². The molecule has 0 aromatic heterocycles. The van der Waals surface area contributed by atoms with Crippen molar-refractivity contribution in [3.05, 3.63) is 23.5 Å². The smallest absolute Gasteiger partial charge is 0.412 e. The van der Waals surface area contributed by atoms with Crippen molar-refractivity contribution >= 4 is 17.5 Å². The molecule has 0 bridgehead atoms. The Balaban J connectivity index is 2.26. The summed E-state index contributed by atoms with van der Waals surface area (Å²) in [5, 5.41) is 11.8. The molecule has 0 spiro atoms.